The normalized spacial score (nSPS) is 12.3. The lowest BCUT2D eigenvalue weighted by molar-refractivity contribution is 0.0697. The van der Waals surface area contributed by atoms with Crippen molar-refractivity contribution >= 4 is 17.7 Å². The Bertz CT molecular complexity index is 586. The van der Waals surface area contributed by atoms with E-state index in [4.69, 9.17) is 10.2 Å². The van der Waals surface area contributed by atoms with Gasteiger partial charge in [-0.05, 0) is 34.7 Å². The summed E-state index contributed by atoms with van der Waals surface area (Å²) >= 11 is 1.19. The Labute approximate surface area is 118 Å². The van der Waals surface area contributed by atoms with Crippen LogP contribution in [0.15, 0.2) is 29.4 Å². The Kier molecular flexibility index (Phi) is 4.66. The summed E-state index contributed by atoms with van der Waals surface area (Å²) in [6.45, 7) is -0.331. The molecule has 2 rings (SSSR count). The third-order valence-corrected chi connectivity index (χ3v) is 3.48. The lowest BCUT2D eigenvalue weighted by Gasteiger charge is -2.07. The van der Waals surface area contributed by atoms with Crippen LogP contribution in [-0.4, -0.2) is 60.0 Å². The third kappa shape index (κ3) is 3.32. The van der Waals surface area contributed by atoms with Crippen LogP contribution in [0.4, 0.5) is 0 Å². The minimum absolute atomic E-state index is 0.173. The first-order valence-corrected chi connectivity index (χ1v) is 6.64. The summed E-state index contributed by atoms with van der Waals surface area (Å²) in [6.07, 6.45) is -0.848. The van der Waals surface area contributed by atoms with Gasteiger partial charge in [0.15, 0.2) is 0 Å². The molecule has 0 spiro atoms. The Morgan fingerprint density at radius 3 is 2.65 bits per heavy atom. The van der Waals surface area contributed by atoms with Crippen molar-refractivity contribution in [1.82, 2.24) is 20.2 Å². The molecule has 2 aromatic rings. The number of carbonyl (C=O) groups is 1. The molecule has 0 aliphatic carbocycles. The second kappa shape index (κ2) is 6.46. The summed E-state index contributed by atoms with van der Waals surface area (Å²) in [5.41, 5.74) is 0.785. The van der Waals surface area contributed by atoms with Crippen LogP contribution in [0.3, 0.4) is 0 Å². The monoisotopic (exact) mass is 296 g/mol. The Hall–Kier alpha value is -1.97. The molecule has 3 N–H and O–H groups in total. The number of aromatic nitrogens is 4. The predicted molar refractivity (Wildman–Crippen MR) is 69.9 cm³/mol. The zero-order valence-electron chi connectivity index (χ0n) is 10.2. The molecule has 1 unspecified atom stereocenters. The van der Waals surface area contributed by atoms with E-state index in [0.717, 1.165) is 0 Å². The van der Waals surface area contributed by atoms with E-state index in [1.807, 2.05) is 0 Å². The van der Waals surface area contributed by atoms with Gasteiger partial charge in [-0.25, -0.2) is 4.79 Å². The molecule has 0 fully saturated rings. The topological polar surface area (TPSA) is 121 Å². The van der Waals surface area contributed by atoms with E-state index < -0.39 is 12.1 Å². The first-order chi connectivity index (χ1) is 9.61. The van der Waals surface area contributed by atoms with Gasteiger partial charge in [-0.3, -0.25) is 0 Å². The van der Waals surface area contributed by atoms with Gasteiger partial charge in [-0.2, -0.15) is 4.68 Å². The highest BCUT2D eigenvalue weighted by molar-refractivity contribution is 7.99. The minimum atomic E-state index is -1.01. The number of benzene rings is 1. The van der Waals surface area contributed by atoms with Crippen molar-refractivity contribution in [2.24, 2.45) is 0 Å². The number of hydrogen-bond donors (Lipinski definition) is 3. The van der Waals surface area contributed by atoms with Crippen LogP contribution < -0.4 is 0 Å². The molecule has 1 atom stereocenters. The van der Waals surface area contributed by atoms with Gasteiger partial charge in [0.25, 0.3) is 0 Å². The van der Waals surface area contributed by atoms with E-state index >= 15 is 0 Å². The van der Waals surface area contributed by atoms with Crippen molar-refractivity contribution < 1.29 is 20.1 Å². The molecule has 0 aliphatic rings. The van der Waals surface area contributed by atoms with Crippen LogP contribution in [0.25, 0.3) is 5.69 Å². The lowest BCUT2D eigenvalue weighted by Crippen LogP contribution is -2.15. The summed E-state index contributed by atoms with van der Waals surface area (Å²) in [4.78, 5) is 10.8. The van der Waals surface area contributed by atoms with Crippen molar-refractivity contribution in [2.75, 3.05) is 12.4 Å². The van der Waals surface area contributed by atoms with E-state index in [1.165, 1.54) is 28.6 Å². The van der Waals surface area contributed by atoms with Gasteiger partial charge in [-0.15, -0.1) is 5.10 Å². The largest absolute Gasteiger partial charge is 0.478 e. The van der Waals surface area contributed by atoms with Gasteiger partial charge in [0.2, 0.25) is 5.16 Å². The van der Waals surface area contributed by atoms with Gasteiger partial charge in [-0.1, -0.05) is 11.8 Å². The van der Waals surface area contributed by atoms with E-state index in [-0.39, 0.29) is 17.9 Å². The summed E-state index contributed by atoms with van der Waals surface area (Å²) in [5.74, 6) is -0.752. The molecule has 1 heterocycles. The lowest BCUT2D eigenvalue weighted by atomic mass is 10.2. The Morgan fingerprint density at radius 2 is 2.05 bits per heavy atom. The summed E-state index contributed by atoms with van der Waals surface area (Å²) in [5, 5.41) is 38.5. The van der Waals surface area contributed by atoms with Gasteiger partial charge in [0.1, 0.15) is 0 Å². The summed E-state index contributed by atoms with van der Waals surface area (Å²) in [6, 6.07) is 6.09. The van der Waals surface area contributed by atoms with Crippen molar-refractivity contribution in [3.63, 3.8) is 0 Å². The van der Waals surface area contributed by atoms with Crippen molar-refractivity contribution in [3.8, 4) is 5.69 Å². The predicted octanol–water partition coefficient (Wildman–Crippen LogP) is -0.194. The first kappa shape index (κ1) is 14.4. The zero-order valence-corrected chi connectivity index (χ0v) is 11.1. The van der Waals surface area contributed by atoms with Crippen LogP contribution in [0.1, 0.15) is 10.4 Å². The number of carboxylic acid groups (broad SMARTS) is 1. The second-order valence-corrected chi connectivity index (χ2v) is 4.86. The average molecular weight is 296 g/mol. The maximum atomic E-state index is 10.8. The molecule has 0 aliphatic heterocycles. The van der Waals surface area contributed by atoms with Crippen LogP contribution in [0, 0.1) is 0 Å². The number of aromatic carboxylic acids is 1. The number of thioether (sulfide) groups is 1. The highest BCUT2D eigenvalue weighted by Crippen LogP contribution is 2.19. The number of rotatable bonds is 6. The van der Waals surface area contributed by atoms with Gasteiger partial charge < -0.3 is 15.3 Å². The van der Waals surface area contributed by atoms with Gasteiger partial charge >= 0.3 is 5.97 Å². The first-order valence-electron chi connectivity index (χ1n) is 5.65. The van der Waals surface area contributed by atoms with Crippen LogP contribution in [0.2, 0.25) is 0 Å². The molecule has 9 heteroatoms. The second-order valence-electron chi connectivity index (χ2n) is 3.87. The fraction of sp³-hybridized carbons (Fsp3) is 0.273. The maximum absolute atomic E-state index is 10.8. The number of tetrazole rings is 1. The molecule has 0 saturated heterocycles. The van der Waals surface area contributed by atoms with E-state index in [9.17, 15) is 9.90 Å². The smallest absolute Gasteiger partial charge is 0.335 e. The highest BCUT2D eigenvalue weighted by Gasteiger charge is 2.12. The van der Waals surface area contributed by atoms with Crippen LogP contribution in [0.5, 0.6) is 0 Å². The standard InChI is InChI=1S/C11H12N4O4S/c16-5-9(17)6-20-11-12-13-14-15(11)8-3-1-7(2-4-8)10(18)19/h1-4,9,16-17H,5-6H2,(H,18,19). The van der Waals surface area contributed by atoms with E-state index in [2.05, 4.69) is 15.5 Å². The number of aliphatic hydroxyl groups excluding tert-OH is 2. The molecule has 1 aromatic carbocycles. The Morgan fingerprint density at radius 1 is 1.35 bits per heavy atom. The molecule has 0 radical (unpaired) electrons. The average Bonchev–Trinajstić information content (AvgIpc) is 2.93. The van der Waals surface area contributed by atoms with E-state index in [0.29, 0.717) is 10.8 Å². The van der Waals surface area contributed by atoms with Crippen molar-refractivity contribution in [1.29, 1.82) is 0 Å². The minimum Gasteiger partial charge on any atom is -0.478 e. The highest BCUT2D eigenvalue weighted by atomic mass is 32.2. The Balaban J connectivity index is 2.16. The zero-order chi connectivity index (χ0) is 14.5. The quantitative estimate of drug-likeness (QED) is 0.627. The van der Waals surface area contributed by atoms with Gasteiger partial charge in [0.05, 0.1) is 24.0 Å². The molecule has 0 bridgehead atoms. The molecule has 20 heavy (non-hydrogen) atoms. The van der Waals surface area contributed by atoms with Gasteiger partial charge in [0, 0.05) is 5.75 Å². The SMILES string of the molecule is O=C(O)c1ccc(-n2nnnc2SCC(O)CO)cc1. The molecule has 0 amide bonds. The number of aliphatic hydroxyl groups is 2. The molecule has 0 saturated carbocycles. The van der Waals surface area contributed by atoms with Crippen molar-refractivity contribution in [2.45, 2.75) is 11.3 Å². The van der Waals surface area contributed by atoms with Crippen LogP contribution in [-0.2, 0) is 0 Å². The third-order valence-electron chi connectivity index (χ3n) is 2.42. The molecule has 8 nitrogen and oxygen atoms in total. The van der Waals surface area contributed by atoms with E-state index in [1.54, 1.807) is 12.1 Å². The fourth-order valence-electron chi connectivity index (χ4n) is 1.40. The number of carboxylic acids is 1. The summed E-state index contributed by atoms with van der Waals surface area (Å²) < 4.78 is 1.43. The molecule has 106 valence electrons. The molecular formula is C11H12N4O4S. The van der Waals surface area contributed by atoms with Crippen LogP contribution >= 0.6 is 11.8 Å². The number of hydrogen-bond acceptors (Lipinski definition) is 7. The fourth-order valence-corrected chi connectivity index (χ4v) is 2.20. The molecule has 1 aromatic heterocycles. The van der Waals surface area contributed by atoms with Crippen molar-refractivity contribution in [3.05, 3.63) is 29.8 Å². The maximum Gasteiger partial charge on any atom is 0.335 e. The summed E-state index contributed by atoms with van der Waals surface area (Å²) in [7, 11) is 0. The number of nitrogens with zero attached hydrogens (tertiary/aromatic N) is 4. The molecular weight excluding hydrogens is 284 g/mol.